The van der Waals surface area contributed by atoms with E-state index in [2.05, 4.69) is 15.1 Å². The lowest BCUT2D eigenvalue weighted by Gasteiger charge is -2.37. The fraction of sp³-hybridized carbons (Fsp3) is 0.562. The highest BCUT2D eigenvalue weighted by Gasteiger charge is 2.31. The van der Waals surface area contributed by atoms with Gasteiger partial charge in [-0.3, -0.25) is 14.6 Å². The Morgan fingerprint density at radius 3 is 3.09 bits per heavy atom. The number of amides is 1. The summed E-state index contributed by atoms with van der Waals surface area (Å²) in [7, 11) is 1.58. The summed E-state index contributed by atoms with van der Waals surface area (Å²) < 4.78 is 5.25. The minimum Gasteiger partial charge on any atom is -0.495 e. The molecule has 120 valence electrons. The first kappa shape index (κ1) is 15.6. The molecule has 2 aliphatic heterocycles. The number of carbonyl (C=O) groups is 1. The monoisotopic (exact) mass is 323 g/mol. The van der Waals surface area contributed by atoms with Crippen LogP contribution in [-0.4, -0.2) is 61.6 Å². The van der Waals surface area contributed by atoms with Gasteiger partial charge in [0.15, 0.2) is 0 Å². The summed E-state index contributed by atoms with van der Waals surface area (Å²) in [5, 5.41) is 3.48. The van der Waals surface area contributed by atoms with Crippen LogP contribution in [0.5, 0.6) is 5.75 Å². The molecule has 3 rings (SSSR count). The van der Waals surface area contributed by atoms with E-state index in [0.717, 1.165) is 19.6 Å². The summed E-state index contributed by atoms with van der Waals surface area (Å²) >= 11 is 5.99. The van der Waals surface area contributed by atoms with Crippen LogP contribution < -0.4 is 10.1 Å². The number of carbonyl (C=O) groups excluding carboxylic acids is 1. The molecule has 1 N–H and O–H groups in total. The molecule has 1 atom stereocenters. The van der Waals surface area contributed by atoms with Gasteiger partial charge in [0.1, 0.15) is 5.75 Å². The van der Waals surface area contributed by atoms with Crippen LogP contribution in [0.15, 0.2) is 18.2 Å². The molecule has 2 aliphatic rings. The highest BCUT2D eigenvalue weighted by Crippen LogP contribution is 2.27. The van der Waals surface area contributed by atoms with Crippen LogP contribution in [0.3, 0.4) is 0 Å². The predicted octanol–water partition coefficient (Wildman–Crippen LogP) is 2.07. The third-order valence-corrected chi connectivity index (χ3v) is 4.71. The van der Waals surface area contributed by atoms with E-state index in [1.54, 1.807) is 25.3 Å². The summed E-state index contributed by atoms with van der Waals surface area (Å²) in [5.41, 5.74) is 0.625. The Hall–Kier alpha value is -1.30. The van der Waals surface area contributed by atoms with Crippen LogP contribution in [0.2, 0.25) is 5.02 Å². The van der Waals surface area contributed by atoms with Crippen LogP contribution in [0.25, 0.3) is 0 Å². The predicted molar refractivity (Wildman–Crippen MR) is 87.7 cm³/mol. The zero-order chi connectivity index (χ0) is 15.5. The van der Waals surface area contributed by atoms with Crippen LogP contribution in [-0.2, 0) is 4.79 Å². The molecule has 0 bridgehead atoms. The standard InChI is InChI=1S/C16H22ClN3O2/c1-22-15-5-4-12(17)9-14(15)18-16(21)11-19-7-8-20-6-2-3-13(20)10-19/h4-5,9,13H,2-3,6-8,10-11H2,1H3,(H,18,21). The van der Waals surface area contributed by atoms with E-state index < -0.39 is 0 Å². The van der Waals surface area contributed by atoms with Gasteiger partial charge in [0.2, 0.25) is 5.91 Å². The van der Waals surface area contributed by atoms with Gasteiger partial charge in [-0.15, -0.1) is 0 Å². The Balaban J connectivity index is 1.57. The second-order valence-corrected chi connectivity index (χ2v) is 6.40. The molecular weight excluding hydrogens is 302 g/mol. The average Bonchev–Trinajstić information content (AvgIpc) is 2.95. The number of rotatable bonds is 4. The number of halogens is 1. The Morgan fingerprint density at radius 2 is 2.27 bits per heavy atom. The summed E-state index contributed by atoms with van der Waals surface area (Å²) in [6.45, 7) is 4.64. The van der Waals surface area contributed by atoms with Crippen molar-refractivity contribution in [1.82, 2.24) is 9.80 Å². The number of nitrogens with one attached hydrogen (secondary N) is 1. The fourth-order valence-electron chi connectivity index (χ4n) is 3.37. The lowest BCUT2D eigenvalue weighted by Crippen LogP contribution is -2.51. The van der Waals surface area contributed by atoms with Gasteiger partial charge in [0, 0.05) is 30.7 Å². The smallest absolute Gasteiger partial charge is 0.238 e. The topological polar surface area (TPSA) is 44.8 Å². The van der Waals surface area contributed by atoms with Crippen molar-refractivity contribution >= 4 is 23.2 Å². The van der Waals surface area contributed by atoms with Crippen LogP contribution in [0.4, 0.5) is 5.69 Å². The number of ether oxygens (including phenoxy) is 1. The summed E-state index contributed by atoms with van der Waals surface area (Å²) in [6, 6.07) is 5.85. The van der Waals surface area contributed by atoms with E-state index in [0.29, 0.717) is 29.0 Å². The molecule has 2 saturated heterocycles. The second kappa shape index (κ2) is 6.86. The van der Waals surface area contributed by atoms with Crippen molar-refractivity contribution in [3.05, 3.63) is 23.2 Å². The zero-order valence-corrected chi connectivity index (χ0v) is 13.6. The molecule has 1 aromatic carbocycles. The molecule has 0 spiro atoms. The maximum atomic E-state index is 12.3. The lowest BCUT2D eigenvalue weighted by atomic mass is 10.1. The van der Waals surface area contributed by atoms with Gasteiger partial charge in [-0.25, -0.2) is 0 Å². The third kappa shape index (κ3) is 3.54. The molecular formula is C16H22ClN3O2. The van der Waals surface area contributed by atoms with Gasteiger partial charge in [0.05, 0.1) is 19.3 Å². The summed E-state index contributed by atoms with van der Waals surface area (Å²) in [6.07, 6.45) is 2.53. The first-order valence-corrected chi connectivity index (χ1v) is 8.13. The normalized spacial score (nSPS) is 22.4. The number of benzene rings is 1. The van der Waals surface area contributed by atoms with Gasteiger partial charge in [-0.05, 0) is 37.6 Å². The van der Waals surface area contributed by atoms with Crippen molar-refractivity contribution in [3.63, 3.8) is 0 Å². The molecule has 2 heterocycles. The lowest BCUT2D eigenvalue weighted by molar-refractivity contribution is -0.117. The average molecular weight is 324 g/mol. The van der Waals surface area contributed by atoms with Gasteiger partial charge in [-0.1, -0.05) is 11.6 Å². The third-order valence-electron chi connectivity index (χ3n) is 4.47. The maximum Gasteiger partial charge on any atom is 0.238 e. The van der Waals surface area contributed by atoms with Gasteiger partial charge >= 0.3 is 0 Å². The van der Waals surface area contributed by atoms with Crippen LogP contribution in [0.1, 0.15) is 12.8 Å². The SMILES string of the molecule is COc1ccc(Cl)cc1NC(=O)CN1CCN2CCCC2C1. The minimum absolute atomic E-state index is 0.0213. The largest absolute Gasteiger partial charge is 0.495 e. The van der Waals surface area contributed by atoms with Gasteiger partial charge in [0.25, 0.3) is 0 Å². The maximum absolute atomic E-state index is 12.3. The Kier molecular flexibility index (Phi) is 4.86. The van der Waals surface area contributed by atoms with E-state index in [4.69, 9.17) is 16.3 Å². The highest BCUT2D eigenvalue weighted by molar-refractivity contribution is 6.31. The first-order valence-electron chi connectivity index (χ1n) is 7.75. The van der Waals surface area contributed by atoms with Crippen molar-refractivity contribution in [2.24, 2.45) is 0 Å². The molecule has 2 fully saturated rings. The molecule has 1 aromatic rings. The molecule has 0 aliphatic carbocycles. The zero-order valence-electron chi connectivity index (χ0n) is 12.8. The number of anilines is 1. The Labute approximate surface area is 136 Å². The van der Waals surface area contributed by atoms with Crippen molar-refractivity contribution < 1.29 is 9.53 Å². The number of piperazine rings is 1. The van der Waals surface area contributed by atoms with Gasteiger partial charge < -0.3 is 10.1 Å². The molecule has 1 amide bonds. The van der Waals surface area contributed by atoms with Crippen molar-refractivity contribution in [2.75, 3.05) is 45.2 Å². The number of nitrogens with zero attached hydrogens (tertiary/aromatic N) is 2. The van der Waals surface area contributed by atoms with Gasteiger partial charge in [-0.2, -0.15) is 0 Å². The van der Waals surface area contributed by atoms with Crippen LogP contribution >= 0.6 is 11.6 Å². The number of hydrogen-bond donors (Lipinski definition) is 1. The molecule has 6 heteroatoms. The van der Waals surface area contributed by atoms with E-state index in [-0.39, 0.29) is 5.91 Å². The van der Waals surface area contributed by atoms with E-state index in [1.165, 1.54) is 19.4 Å². The fourth-order valence-corrected chi connectivity index (χ4v) is 3.54. The van der Waals surface area contributed by atoms with Crippen LogP contribution in [0, 0.1) is 0 Å². The summed E-state index contributed by atoms with van der Waals surface area (Å²) in [4.78, 5) is 17.1. The number of methoxy groups -OCH3 is 1. The second-order valence-electron chi connectivity index (χ2n) is 5.96. The molecule has 1 unspecified atom stereocenters. The number of fused-ring (bicyclic) bond motifs is 1. The molecule has 22 heavy (non-hydrogen) atoms. The van der Waals surface area contributed by atoms with Crippen molar-refractivity contribution in [1.29, 1.82) is 0 Å². The van der Waals surface area contributed by atoms with E-state index >= 15 is 0 Å². The number of hydrogen-bond acceptors (Lipinski definition) is 4. The summed E-state index contributed by atoms with van der Waals surface area (Å²) in [5.74, 6) is 0.602. The van der Waals surface area contributed by atoms with Crippen molar-refractivity contribution in [2.45, 2.75) is 18.9 Å². The minimum atomic E-state index is -0.0213. The molecule has 0 radical (unpaired) electrons. The van der Waals surface area contributed by atoms with E-state index in [1.807, 2.05) is 0 Å². The quantitative estimate of drug-likeness (QED) is 0.921. The first-order chi connectivity index (χ1) is 10.7. The molecule has 0 aromatic heterocycles. The Morgan fingerprint density at radius 1 is 1.41 bits per heavy atom. The van der Waals surface area contributed by atoms with Crippen molar-refractivity contribution in [3.8, 4) is 5.75 Å². The molecule has 5 nitrogen and oxygen atoms in total. The molecule has 0 saturated carbocycles. The highest BCUT2D eigenvalue weighted by atomic mass is 35.5. The van der Waals surface area contributed by atoms with E-state index in [9.17, 15) is 4.79 Å². The Bertz CT molecular complexity index is 552.